The number of nitrogens with one attached hydrogen (secondary N) is 1. The molecule has 0 saturated carbocycles. The molecule has 0 unspecified atom stereocenters. The molecule has 0 fully saturated rings. The van der Waals surface area contributed by atoms with Crippen molar-refractivity contribution in [1.82, 2.24) is 25.1 Å². The molecule has 0 aliphatic heterocycles. The normalized spacial score (nSPS) is 11.0. The maximum Gasteiger partial charge on any atom is 0.236 e. The minimum atomic E-state index is 0.580. The predicted octanol–water partition coefficient (Wildman–Crippen LogP) is 1.38. The third kappa shape index (κ3) is 3.16. The van der Waals surface area contributed by atoms with E-state index in [1.54, 1.807) is 6.20 Å². The van der Waals surface area contributed by atoms with Crippen LogP contribution >= 0.6 is 0 Å². The Labute approximate surface area is 106 Å². The Balaban J connectivity index is 1.98. The smallest absolute Gasteiger partial charge is 0.236 e. The standard InChI is InChI=1S/C12H19N5O/c1-3-5-13-8-10-14-6-7-17(10)9-12-16-15-11(4-2)18-12/h6-7,13H,3-5,8-9H2,1-2H3. The van der Waals surface area contributed by atoms with Crippen LogP contribution in [0.15, 0.2) is 16.8 Å². The van der Waals surface area contributed by atoms with Gasteiger partial charge in [0, 0.05) is 18.8 Å². The molecule has 2 aromatic heterocycles. The van der Waals surface area contributed by atoms with E-state index in [9.17, 15) is 0 Å². The van der Waals surface area contributed by atoms with Crippen LogP contribution in [0.1, 0.15) is 37.9 Å². The summed E-state index contributed by atoms with van der Waals surface area (Å²) in [6.07, 6.45) is 5.60. The fourth-order valence-corrected chi connectivity index (χ4v) is 1.67. The summed E-state index contributed by atoms with van der Waals surface area (Å²) in [5, 5.41) is 11.3. The zero-order chi connectivity index (χ0) is 12.8. The lowest BCUT2D eigenvalue weighted by molar-refractivity contribution is 0.438. The van der Waals surface area contributed by atoms with Crippen molar-refractivity contribution >= 4 is 0 Å². The van der Waals surface area contributed by atoms with Crippen molar-refractivity contribution in [2.24, 2.45) is 0 Å². The molecule has 2 heterocycles. The highest BCUT2D eigenvalue weighted by molar-refractivity contribution is 4.95. The quantitative estimate of drug-likeness (QED) is 0.751. The van der Waals surface area contributed by atoms with Crippen LogP contribution in [-0.4, -0.2) is 26.3 Å². The number of aromatic nitrogens is 4. The SMILES string of the molecule is CCCNCc1nccn1Cc1nnc(CC)o1. The van der Waals surface area contributed by atoms with E-state index in [1.807, 2.05) is 17.7 Å². The molecule has 2 aromatic rings. The Hall–Kier alpha value is -1.69. The van der Waals surface area contributed by atoms with Gasteiger partial charge in [-0.2, -0.15) is 0 Å². The molecule has 0 bridgehead atoms. The molecule has 2 rings (SSSR count). The van der Waals surface area contributed by atoms with E-state index in [2.05, 4.69) is 27.4 Å². The lowest BCUT2D eigenvalue weighted by Gasteiger charge is -2.05. The maximum absolute atomic E-state index is 5.50. The zero-order valence-electron chi connectivity index (χ0n) is 10.9. The molecule has 0 amide bonds. The predicted molar refractivity (Wildman–Crippen MR) is 67.0 cm³/mol. The summed E-state index contributed by atoms with van der Waals surface area (Å²) in [4.78, 5) is 4.32. The van der Waals surface area contributed by atoms with Gasteiger partial charge >= 0.3 is 0 Å². The van der Waals surface area contributed by atoms with E-state index in [4.69, 9.17) is 4.42 Å². The highest BCUT2D eigenvalue weighted by atomic mass is 16.4. The Morgan fingerprint density at radius 2 is 2.11 bits per heavy atom. The average molecular weight is 249 g/mol. The van der Waals surface area contributed by atoms with Gasteiger partial charge in [-0.25, -0.2) is 4.98 Å². The lowest BCUT2D eigenvalue weighted by atomic mass is 10.4. The van der Waals surface area contributed by atoms with Crippen molar-refractivity contribution in [2.45, 2.75) is 39.8 Å². The molecule has 1 N–H and O–H groups in total. The van der Waals surface area contributed by atoms with Gasteiger partial charge in [-0.15, -0.1) is 10.2 Å². The number of rotatable bonds is 7. The van der Waals surface area contributed by atoms with Crippen molar-refractivity contribution in [3.63, 3.8) is 0 Å². The monoisotopic (exact) mass is 249 g/mol. The fraction of sp³-hybridized carbons (Fsp3) is 0.583. The van der Waals surface area contributed by atoms with E-state index in [0.717, 1.165) is 31.8 Å². The number of nitrogens with zero attached hydrogens (tertiary/aromatic N) is 4. The van der Waals surface area contributed by atoms with Crippen molar-refractivity contribution in [2.75, 3.05) is 6.54 Å². The van der Waals surface area contributed by atoms with Gasteiger partial charge in [0.15, 0.2) is 0 Å². The topological polar surface area (TPSA) is 68.8 Å². The first-order valence-electron chi connectivity index (χ1n) is 6.35. The summed E-state index contributed by atoms with van der Waals surface area (Å²) in [6.45, 7) is 6.47. The molecule has 18 heavy (non-hydrogen) atoms. The van der Waals surface area contributed by atoms with Crippen LogP contribution < -0.4 is 5.32 Å². The van der Waals surface area contributed by atoms with E-state index < -0.39 is 0 Å². The highest BCUT2D eigenvalue weighted by Crippen LogP contribution is 2.05. The van der Waals surface area contributed by atoms with Crippen molar-refractivity contribution in [1.29, 1.82) is 0 Å². The molecular weight excluding hydrogens is 230 g/mol. The van der Waals surface area contributed by atoms with E-state index in [0.29, 0.717) is 18.3 Å². The largest absolute Gasteiger partial charge is 0.423 e. The van der Waals surface area contributed by atoms with Crippen LogP contribution in [0.4, 0.5) is 0 Å². The zero-order valence-corrected chi connectivity index (χ0v) is 10.9. The molecule has 0 aromatic carbocycles. The van der Waals surface area contributed by atoms with Crippen LogP contribution in [0, 0.1) is 0 Å². The van der Waals surface area contributed by atoms with E-state index in [1.165, 1.54) is 0 Å². The molecule has 0 aliphatic carbocycles. The van der Waals surface area contributed by atoms with Gasteiger partial charge in [-0.05, 0) is 13.0 Å². The molecule has 0 atom stereocenters. The maximum atomic E-state index is 5.50. The van der Waals surface area contributed by atoms with Gasteiger partial charge in [0.05, 0.1) is 6.54 Å². The van der Waals surface area contributed by atoms with Gasteiger partial charge in [0.25, 0.3) is 0 Å². The summed E-state index contributed by atoms with van der Waals surface area (Å²) >= 11 is 0. The Morgan fingerprint density at radius 1 is 1.28 bits per heavy atom. The average Bonchev–Trinajstić information content (AvgIpc) is 3.00. The summed E-state index contributed by atoms with van der Waals surface area (Å²) in [7, 11) is 0. The molecule has 0 radical (unpaired) electrons. The summed E-state index contributed by atoms with van der Waals surface area (Å²) in [6, 6.07) is 0. The third-order valence-electron chi connectivity index (χ3n) is 2.63. The molecule has 6 heteroatoms. The van der Waals surface area contributed by atoms with Gasteiger partial charge in [0.2, 0.25) is 11.8 Å². The van der Waals surface area contributed by atoms with Gasteiger partial charge in [-0.3, -0.25) is 0 Å². The summed E-state index contributed by atoms with van der Waals surface area (Å²) < 4.78 is 7.52. The van der Waals surface area contributed by atoms with Crippen molar-refractivity contribution in [3.05, 3.63) is 30.0 Å². The first-order chi connectivity index (χ1) is 8.83. The van der Waals surface area contributed by atoms with Gasteiger partial charge in [0.1, 0.15) is 12.4 Å². The van der Waals surface area contributed by atoms with E-state index in [-0.39, 0.29) is 0 Å². The van der Waals surface area contributed by atoms with Crippen LogP contribution in [0.25, 0.3) is 0 Å². The molecular formula is C12H19N5O. The molecule has 0 spiro atoms. The Kier molecular flexibility index (Phi) is 4.46. The lowest BCUT2D eigenvalue weighted by Crippen LogP contribution is -2.18. The van der Waals surface area contributed by atoms with Crippen LogP contribution in [0.2, 0.25) is 0 Å². The molecule has 0 saturated heterocycles. The molecule has 6 nitrogen and oxygen atoms in total. The Morgan fingerprint density at radius 3 is 2.83 bits per heavy atom. The minimum absolute atomic E-state index is 0.580. The van der Waals surface area contributed by atoms with E-state index >= 15 is 0 Å². The second-order valence-corrected chi connectivity index (χ2v) is 4.09. The number of hydrogen-bond acceptors (Lipinski definition) is 5. The van der Waals surface area contributed by atoms with Crippen LogP contribution in [-0.2, 0) is 19.5 Å². The third-order valence-corrected chi connectivity index (χ3v) is 2.63. The second-order valence-electron chi connectivity index (χ2n) is 4.09. The van der Waals surface area contributed by atoms with Gasteiger partial charge in [-0.1, -0.05) is 13.8 Å². The number of hydrogen-bond donors (Lipinski definition) is 1. The van der Waals surface area contributed by atoms with Gasteiger partial charge < -0.3 is 14.3 Å². The molecule has 98 valence electrons. The highest BCUT2D eigenvalue weighted by Gasteiger charge is 2.08. The van der Waals surface area contributed by atoms with Crippen LogP contribution in [0.5, 0.6) is 0 Å². The van der Waals surface area contributed by atoms with Crippen molar-refractivity contribution < 1.29 is 4.42 Å². The summed E-state index contributed by atoms with van der Waals surface area (Å²) in [5.74, 6) is 2.29. The molecule has 0 aliphatic rings. The first kappa shape index (κ1) is 12.8. The van der Waals surface area contributed by atoms with Crippen LogP contribution in [0.3, 0.4) is 0 Å². The Bertz CT molecular complexity index is 476. The minimum Gasteiger partial charge on any atom is -0.423 e. The number of imidazole rings is 1. The number of aryl methyl sites for hydroxylation is 1. The fourth-order valence-electron chi connectivity index (χ4n) is 1.67. The first-order valence-corrected chi connectivity index (χ1v) is 6.35. The van der Waals surface area contributed by atoms with Crippen molar-refractivity contribution in [3.8, 4) is 0 Å². The second kappa shape index (κ2) is 6.30. The summed E-state index contributed by atoms with van der Waals surface area (Å²) in [5.41, 5.74) is 0.